The van der Waals surface area contributed by atoms with Gasteiger partial charge < -0.3 is 24.3 Å². The van der Waals surface area contributed by atoms with E-state index in [1.54, 1.807) is 36.2 Å². The molecule has 3 rings (SSSR count). The Morgan fingerprint density at radius 1 is 1.26 bits per heavy atom. The van der Waals surface area contributed by atoms with Crippen molar-refractivity contribution in [2.45, 2.75) is 31.9 Å². The number of hydrogen-bond donors (Lipinski definition) is 1. The molecule has 1 atom stereocenters. The second-order valence-corrected chi connectivity index (χ2v) is 6.98. The predicted molar refractivity (Wildman–Crippen MR) is 101 cm³/mol. The number of aryl methyl sites for hydroxylation is 1. The number of likely N-dealkylation sites (tertiary alicyclic amines) is 1. The lowest BCUT2D eigenvalue weighted by Gasteiger charge is -2.29. The maximum Gasteiger partial charge on any atom is 0.252 e. The van der Waals surface area contributed by atoms with Gasteiger partial charge in [-0.2, -0.15) is 0 Å². The Kier molecular flexibility index (Phi) is 5.95. The summed E-state index contributed by atoms with van der Waals surface area (Å²) in [4.78, 5) is 14.9. The van der Waals surface area contributed by atoms with Crippen molar-refractivity contribution in [2.24, 2.45) is 7.05 Å². The fraction of sp³-hybridized carbons (Fsp3) is 0.526. The van der Waals surface area contributed by atoms with Crippen molar-refractivity contribution in [1.29, 1.82) is 0 Å². The van der Waals surface area contributed by atoms with Crippen molar-refractivity contribution < 1.29 is 14.3 Å². The standard InChI is InChI=1S/C19H27N5O3/c1-13(18-22-20-12-24(18)3)21-19(25)14-5-6-16(17(11-14)26-4)27-15-7-9-23(2)10-8-15/h5-6,11-13,15H,7-10H2,1-4H3,(H,21,25)/t13-/m0/s1. The lowest BCUT2D eigenvalue weighted by Crippen LogP contribution is -2.35. The fourth-order valence-electron chi connectivity index (χ4n) is 3.22. The zero-order valence-corrected chi connectivity index (χ0v) is 16.3. The van der Waals surface area contributed by atoms with E-state index in [2.05, 4.69) is 27.5 Å². The summed E-state index contributed by atoms with van der Waals surface area (Å²) in [5, 5.41) is 10.8. The van der Waals surface area contributed by atoms with Crippen LogP contribution >= 0.6 is 0 Å². The molecule has 2 aromatic rings. The van der Waals surface area contributed by atoms with E-state index in [1.165, 1.54) is 0 Å². The van der Waals surface area contributed by atoms with E-state index in [0.717, 1.165) is 25.9 Å². The first-order valence-corrected chi connectivity index (χ1v) is 9.16. The number of carbonyl (C=O) groups excluding carboxylic acids is 1. The lowest BCUT2D eigenvalue weighted by atomic mass is 10.1. The first-order valence-electron chi connectivity index (χ1n) is 9.16. The van der Waals surface area contributed by atoms with Crippen molar-refractivity contribution in [1.82, 2.24) is 25.0 Å². The van der Waals surface area contributed by atoms with Gasteiger partial charge in [0.05, 0.1) is 13.2 Å². The van der Waals surface area contributed by atoms with Gasteiger partial charge in [-0.05, 0) is 45.0 Å². The molecule has 2 heterocycles. The Balaban J connectivity index is 1.67. The molecule has 1 saturated heterocycles. The minimum Gasteiger partial charge on any atom is -0.493 e. The van der Waals surface area contributed by atoms with Gasteiger partial charge in [-0.15, -0.1) is 10.2 Å². The van der Waals surface area contributed by atoms with E-state index < -0.39 is 0 Å². The third kappa shape index (κ3) is 4.57. The Morgan fingerprint density at radius 2 is 2.00 bits per heavy atom. The van der Waals surface area contributed by atoms with Crippen LogP contribution in [0.25, 0.3) is 0 Å². The van der Waals surface area contributed by atoms with Crippen LogP contribution in [0, 0.1) is 0 Å². The molecule has 0 bridgehead atoms. The van der Waals surface area contributed by atoms with Crippen LogP contribution in [-0.2, 0) is 7.05 Å². The third-order valence-corrected chi connectivity index (χ3v) is 4.87. The Morgan fingerprint density at radius 3 is 2.63 bits per heavy atom. The number of nitrogens with zero attached hydrogens (tertiary/aromatic N) is 4. The highest BCUT2D eigenvalue weighted by Crippen LogP contribution is 2.30. The number of carbonyl (C=O) groups is 1. The summed E-state index contributed by atoms with van der Waals surface area (Å²) in [6.45, 7) is 3.91. The van der Waals surface area contributed by atoms with Gasteiger partial charge in [0.1, 0.15) is 12.4 Å². The van der Waals surface area contributed by atoms with Gasteiger partial charge in [-0.3, -0.25) is 4.79 Å². The molecule has 0 spiro atoms. The van der Waals surface area contributed by atoms with Gasteiger partial charge in [0.15, 0.2) is 17.3 Å². The number of ether oxygens (including phenoxy) is 2. The average Bonchev–Trinajstić information content (AvgIpc) is 3.10. The van der Waals surface area contributed by atoms with Crippen LogP contribution in [0.1, 0.15) is 42.0 Å². The zero-order chi connectivity index (χ0) is 19.4. The van der Waals surface area contributed by atoms with Crippen LogP contribution in [-0.4, -0.2) is 58.9 Å². The maximum atomic E-state index is 12.6. The molecule has 8 nitrogen and oxygen atoms in total. The molecular weight excluding hydrogens is 346 g/mol. The molecular formula is C19H27N5O3. The molecule has 1 aromatic heterocycles. The topological polar surface area (TPSA) is 81.5 Å². The number of benzene rings is 1. The van der Waals surface area contributed by atoms with Gasteiger partial charge >= 0.3 is 0 Å². The Hall–Kier alpha value is -2.61. The number of amides is 1. The van der Waals surface area contributed by atoms with Gasteiger partial charge in [-0.25, -0.2) is 0 Å². The van der Waals surface area contributed by atoms with Crippen LogP contribution in [0.5, 0.6) is 11.5 Å². The number of aromatic nitrogens is 3. The Labute approximate surface area is 159 Å². The first kappa shape index (κ1) is 19.2. The molecule has 1 aromatic carbocycles. The van der Waals surface area contributed by atoms with Crippen LogP contribution < -0.4 is 14.8 Å². The normalized spacial score (nSPS) is 16.7. The highest BCUT2D eigenvalue weighted by Gasteiger charge is 2.21. The molecule has 27 heavy (non-hydrogen) atoms. The van der Waals surface area contributed by atoms with Crippen molar-refractivity contribution in [3.63, 3.8) is 0 Å². The highest BCUT2D eigenvalue weighted by molar-refractivity contribution is 5.95. The minimum atomic E-state index is -0.258. The lowest BCUT2D eigenvalue weighted by molar-refractivity contribution is 0.0936. The quantitative estimate of drug-likeness (QED) is 0.831. The molecule has 1 aliphatic heterocycles. The monoisotopic (exact) mass is 373 g/mol. The van der Waals surface area contributed by atoms with Gasteiger partial charge in [0.25, 0.3) is 5.91 Å². The van der Waals surface area contributed by atoms with E-state index in [1.807, 2.05) is 14.0 Å². The summed E-state index contributed by atoms with van der Waals surface area (Å²) in [7, 11) is 5.54. The smallest absolute Gasteiger partial charge is 0.252 e. The maximum absolute atomic E-state index is 12.6. The second kappa shape index (κ2) is 8.39. The molecule has 0 saturated carbocycles. The van der Waals surface area contributed by atoms with E-state index in [9.17, 15) is 4.79 Å². The number of methoxy groups -OCH3 is 1. The summed E-state index contributed by atoms with van der Waals surface area (Å²) in [6.07, 6.45) is 3.75. The molecule has 1 fully saturated rings. The minimum absolute atomic E-state index is 0.172. The molecule has 0 radical (unpaired) electrons. The summed E-state index contributed by atoms with van der Waals surface area (Å²) in [6, 6.07) is 5.01. The molecule has 8 heteroatoms. The van der Waals surface area contributed by atoms with Crippen LogP contribution in [0.2, 0.25) is 0 Å². The molecule has 0 unspecified atom stereocenters. The third-order valence-electron chi connectivity index (χ3n) is 4.87. The van der Waals surface area contributed by atoms with Crippen LogP contribution in [0.4, 0.5) is 0 Å². The van der Waals surface area contributed by atoms with Gasteiger partial charge in [0, 0.05) is 25.7 Å². The van der Waals surface area contributed by atoms with Crippen molar-refractivity contribution in [2.75, 3.05) is 27.2 Å². The summed E-state index contributed by atoms with van der Waals surface area (Å²) >= 11 is 0. The van der Waals surface area contributed by atoms with E-state index >= 15 is 0 Å². The molecule has 1 N–H and O–H groups in total. The Bertz CT molecular complexity index is 783. The largest absolute Gasteiger partial charge is 0.493 e. The number of nitrogens with one attached hydrogen (secondary N) is 1. The van der Waals surface area contributed by atoms with Crippen molar-refractivity contribution in [3.05, 3.63) is 35.9 Å². The fourth-order valence-corrected chi connectivity index (χ4v) is 3.22. The molecule has 0 aliphatic carbocycles. The number of rotatable bonds is 6. The molecule has 1 aliphatic rings. The summed E-state index contributed by atoms with van der Waals surface area (Å²) < 4.78 is 13.3. The van der Waals surface area contributed by atoms with Crippen molar-refractivity contribution in [3.8, 4) is 11.5 Å². The average molecular weight is 373 g/mol. The van der Waals surface area contributed by atoms with Crippen molar-refractivity contribution >= 4 is 5.91 Å². The molecule has 1 amide bonds. The van der Waals surface area contributed by atoms with E-state index in [0.29, 0.717) is 22.9 Å². The van der Waals surface area contributed by atoms with E-state index in [4.69, 9.17) is 9.47 Å². The predicted octanol–water partition coefficient (Wildman–Crippen LogP) is 1.79. The SMILES string of the molecule is COc1cc(C(=O)N[C@@H](C)c2nncn2C)ccc1OC1CCN(C)CC1. The van der Waals surface area contributed by atoms with Crippen LogP contribution in [0.15, 0.2) is 24.5 Å². The number of piperidine rings is 1. The summed E-state index contributed by atoms with van der Waals surface area (Å²) in [5.74, 6) is 1.73. The second-order valence-electron chi connectivity index (χ2n) is 6.98. The number of hydrogen-bond acceptors (Lipinski definition) is 6. The van der Waals surface area contributed by atoms with Gasteiger partial charge in [-0.1, -0.05) is 0 Å². The van der Waals surface area contributed by atoms with E-state index in [-0.39, 0.29) is 18.1 Å². The first-order chi connectivity index (χ1) is 13.0. The van der Waals surface area contributed by atoms with Crippen LogP contribution in [0.3, 0.4) is 0 Å². The highest BCUT2D eigenvalue weighted by atomic mass is 16.5. The summed E-state index contributed by atoms with van der Waals surface area (Å²) in [5.41, 5.74) is 0.511. The van der Waals surface area contributed by atoms with Gasteiger partial charge in [0.2, 0.25) is 0 Å². The molecule has 146 valence electrons. The zero-order valence-electron chi connectivity index (χ0n) is 16.3.